The molecule has 0 radical (unpaired) electrons. The summed E-state index contributed by atoms with van der Waals surface area (Å²) < 4.78 is 12.4. The number of methoxy groups -OCH3 is 1. The van der Waals surface area contributed by atoms with Gasteiger partial charge in [-0.2, -0.15) is 5.10 Å². The van der Waals surface area contributed by atoms with E-state index in [0.717, 1.165) is 4.90 Å². The molecule has 4 rings (SSSR count). The number of carboxylic acid groups (broad SMARTS) is 1. The first kappa shape index (κ1) is 23.4. The Morgan fingerprint density at radius 2 is 1.97 bits per heavy atom. The third-order valence-corrected chi connectivity index (χ3v) is 5.42. The van der Waals surface area contributed by atoms with Gasteiger partial charge in [0.05, 0.1) is 30.4 Å². The first-order chi connectivity index (χ1) is 16.9. The third kappa shape index (κ3) is 4.96. The quantitative estimate of drug-likeness (QED) is 0.385. The highest BCUT2D eigenvalue weighted by Gasteiger charge is 2.12. The van der Waals surface area contributed by atoms with Gasteiger partial charge in [0.15, 0.2) is 6.29 Å². The van der Waals surface area contributed by atoms with Crippen LogP contribution in [0.2, 0.25) is 0 Å². The summed E-state index contributed by atoms with van der Waals surface area (Å²) in [7, 11) is 2.93. The van der Waals surface area contributed by atoms with Gasteiger partial charge >= 0.3 is 6.09 Å². The van der Waals surface area contributed by atoms with E-state index < -0.39 is 6.09 Å². The molecule has 2 heterocycles. The van der Waals surface area contributed by atoms with Gasteiger partial charge in [0, 0.05) is 42.0 Å². The van der Waals surface area contributed by atoms with Crippen LogP contribution >= 0.6 is 0 Å². The lowest BCUT2D eigenvalue weighted by Crippen LogP contribution is -2.25. The molecule has 0 spiro atoms. The van der Waals surface area contributed by atoms with Crippen molar-refractivity contribution in [1.82, 2.24) is 14.8 Å². The van der Waals surface area contributed by atoms with Crippen molar-refractivity contribution < 1.29 is 24.2 Å². The maximum absolute atomic E-state index is 12.4. The van der Waals surface area contributed by atoms with Crippen molar-refractivity contribution in [3.05, 3.63) is 76.7 Å². The highest BCUT2D eigenvalue weighted by molar-refractivity contribution is 5.93. The number of aldehydes is 1. The smallest absolute Gasteiger partial charge is 0.411 e. The monoisotopic (exact) mass is 474 g/mol. The minimum atomic E-state index is -1.08. The maximum Gasteiger partial charge on any atom is 0.411 e. The Hall–Kier alpha value is -4.73. The summed E-state index contributed by atoms with van der Waals surface area (Å²) in [6, 6.07) is 14.9. The van der Waals surface area contributed by atoms with E-state index in [9.17, 15) is 19.5 Å². The molecular formula is C25H22N4O6. The van der Waals surface area contributed by atoms with Crippen LogP contribution in [-0.2, 0) is 6.54 Å². The lowest BCUT2D eigenvalue weighted by atomic mass is 10.1. The third-order valence-electron chi connectivity index (χ3n) is 5.42. The number of pyridine rings is 1. The second kappa shape index (κ2) is 10.0. The molecule has 0 saturated heterocycles. The van der Waals surface area contributed by atoms with Gasteiger partial charge in [0.2, 0.25) is 0 Å². The number of hydrogen-bond donors (Lipinski definition) is 1. The molecule has 2 aromatic heterocycles. The molecule has 0 atom stereocenters. The highest BCUT2D eigenvalue weighted by Crippen LogP contribution is 2.30. The van der Waals surface area contributed by atoms with Gasteiger partial charge in [-0.1, -0.05) is 12.1 Å². The lowest BCUT2D eigenvalue weighted by molar-refractivity contribution is 0.112. The van der Waals surface area contributed by atoms with Crippen LogP contribution in [0.5, 0.6) is 11.5 Å². The molecule has 2 aromatic carbocycles. The lowest BCUT2D eigenvalue weighted by Gasteiger charge is -2.14. The van der Waals surface area contributed by atoms with E-state index in [2.05, 4.69) is 10.1 Å². The van der Waals surface area contributed by atoms with E-state index in [0.29, 0.717) is 51.2 Å². The van der Waals surface area contributed by atoms with Crippen LogP contribution in [0.4, 0.5) is 10.5 Å². The number of hydrogen-bond acceptors (Lipinski definition) is 7. The Labute approximate surface area is 200 Å². The normalized spacial score (nSPS) is 10.7. The van der Waals surface area contributed by atoms with Crippen molar-refractivity contribution >= 4 is 29.0 Å². The fourth-order valence-corrected chi connectivity index (χ4v) is 3.55. The Morgan fingerprint density at radius 3 is 2.71 bits per heavy atom. The number of fused-ring (bicyclic) bond motifs is 1. The van der Waals surface area contributed by atoms with Crippen molar-refractivity contribution in [2.75, 3.05) is 25.7 Å². The van der Waals surface area contributed by atoms with Crippen molar-refractivity contribution in [3.63, 3.8) is 0 Å². The van der Waals surface area contributed by atoms with E-state index in [1.54, 1.807) is 54.7 Å². The molecule has 0 aliphatic heterocycles. The number of anilines is 1. The maximum atomic E-state index is 12.4. The predicted octanol–water partition coefficient (Wildman–Crippen LogP) is 3.47. The molecule has 10 heteroatoms. The molecule has 0 saturated carbocycles. The molecule has 1 amide bonds. The molecular weight excluding hydrogens is 452 g/mol. The number of rotatable bonds is 8. The number of nitrogens with zero attached hydrogens (tertiary/aromatic N) is 4. The average Bonchev–Trinajstić information content (AvgIpc) is 2.88. The summed E-state index contributed by atoms with van der Waals surface area (Å²) in [5.74, 6) is 0.928. The van der Waals surface area contributed by atoms with Gasteiger partial charge in [-0.15, -0.1) is 0 Å². The second-order valence-electron chi connectivity index (χ2n) is 7.56. The molecule has 0 aliphatic carbocycles. The Morgan fingerprint density at radius 1 is 1.14 bits per heavy atom. The van der Waals surface area contributed by atoms with E-state index in [4.69, 9.17) is 9.47 Å². The van der Waals surface area contributed by atoms with Gasteiger partial charge in [0.1, 0.15) is 18.1 Å². The molecule has 0 fully saturated rings. The fourth-order valence-electron chi connectivity index (χ4n) is 3.55. The van der Waals surface area contributed by atoms with E-state index in [-0.39, 0.29) is 18.7 Å². The van der Waals surface area contributed by atoms with Crippen molar-refractivity contribution in [2.45, 2.75) is 6.54 Å². The van der Waals surface area contributed by atoms with Crippen LogP contribution in [0.25, 0.3) is 22.2 Å². The summed E-state index contributed by atoms with van der Waals surface area (Å²) in [5, 5.41) is 14.3. The van der Waals surface area contributed by atoms with Crippen LogP contribution in [-0.4, -0.2) is 53.0 Å². The first-order valence-corrected chi connectivity index (χ1v) is 10.6. The van der Waals surface area contributed by atoms with Gasteiger partial charge in [0.25, 0.3) is 5.56 Å². The van der Waals surface area contributed by atoms with Crippen LogP contribution in [0.15, 0.2) is 65.6 Å². The van der Waals surface area contributed by atoms with Gasteiger partial charge in [-0.3, -0.25) is 19.5 Å². The molecule has 10 nitrogen and oxygen atoms in total. The summed E-state index contributed by atoms with van der Waals surface area (Å²) in [6.07, 6.45) is 1.21. The Bertz CT molecular complexity index is 1470. The van der Waals surface area contributed by atoms with Crippen LogP contribution in [0.3, 0.4) is 0 Å². The summed E-state index contributed by atoms with van der Waals surface area (Å²) in [6.45, 7) is 0.307. The first-order valence-electron chi connectivity index (χ1n) is 10.6. The predicted molar refractivity (Wildman–Crippen MR) is 130 cm³/mol. The van der Waals surface area contributed by atoms with E-state index in [1.807, 2.05) is 0 Å². The summed E-state index contributed by atoms with van der Waals surface area (Å²) in [4.78, 5) is 40.4. The molecule has 1 N–H and O–H groups in total. The number of carbonyl (C=O) groups excluding carboxylic acids is 1. The average molecular weight is 474 g/mol. The molecule has 4 aromatic rings. The second-order valence-corrected chi connectivity index (χ2v) is 7.56. The minimum absolute atomic E-state index is 0.139. The van der Waals surface area contributed by atoms with Crippen molar-refractivity contribution in [3.8, 4) is 22.8 Å². The summed E-state index contributed by atoms with van der Waals surface area (Å²) >= 11 is 0. The minimum Gasteiger partial charge on any atom is -0.496 e. The van der Waals surface area contributed by atoms with Gasteiger partial charge in [-0.25, -0.2) is 9.48 Å². The zero-order chi connectivity index (χ0) is 24.9. The summed E-state index contributed by atoms with van der Waals surface area (Å²) in [5.41, 5.74) is 2.34. The Kier molecular flexibility index (Phi) is 6.72. The topological polar surface area (TPSA) is 124 Å². The highest BCUT2D eigenvalue weighted by atomic mass is 16.5. The van der Waals surface area contributed by atoms with Crippen LogP contribution in [0.1, 0.15) is 10.4 Å². The fraction of sp³-hybridized carbons (Fsp3) is 0.160. The van der Waals surface area contributed by atoms with Crippen molar-refractivity contribution in [2.24, 2.45) is 0 Å². The van der Waals surface area contributed by atoms with Crippen molar-refractivity contribution in [1.29, 1.82) is 0 Å². The van der Waals surface area contributed by atoms with Crippen LogP contribution < -0.4 is 19.9 Å². The molecule has 0 aliphatic rings. The number of amides is 1. The zero-order valence-corrected chi connectivity index (χ0v) is 19.0. The molecule has 178 valence electrons. The van der Waals surface area contributed by atoms with E-state index in [1.165, 1.54) is 24.9 Å². The van der Waals surface area contributed by atoms with E-state index >= 15 is 0 Å². The van der Waals surface area contributed by atoms with Gasteiger partial charge < -0.3 is 14.6 Å². The SMILES string of the molecule is COc1cc2nccc(OCCn3nc(-c4cccc(N(C)C(=O)O)c4)ccc3=O)c2cc1C=O. The number of carbonyl (C=O) groups is 2. The molecule has 0 bridgehead atoms. The number of aromatic nitrogens is 3. The van der Waals surface area contributed by atoms with Gasteiger partial charge in [-0.05, 0) is 30.3 Å². The zero-order valence-electron chi connectivity index (χ0n) is 19.0. The number of ether oxygens (including phenoxy) is 2. The molecule has 0 unspecified atom stereocenters. The number of benzene rings is 2. The molecule has 35 heavy (non-hydrogen) atoms. The standard InChI is InChI=1S/C25H22N4O6/c1-28(25(32)33)18-5-3-4-16(12-18)20-6-7-24(31)29(27-20)10-11-35-22-8-9-26-21-14-23(34-2)17(15-30)13-19(21)22/h3-9,12-15H,10-11H2,1-2H3,(H,32,33). The largest absolute Gasteiger partial charge is 0.496 e. The Balaban J connectivity index is 1.55. The van der Waals surface area contributed by atoms with Crippen LogP contribution in [0, 0.1) is 0 Å².